The maximum atomic E-state index is 12.7. The second-order valence-electron chi connectivity index (χ2n) is 5.92. The average Bonchev–Trinajstić information content (AvgIpc) is 2.67. The highest BCUT2D eigenvalue weighted by Gasteiger charge is 2.19. The predicted octanol–water partition coefficient (Wildman–Crippen LogP) is 3.62. The molecule has 0 bridgehead atoms. The van der Waals surface area contributed by atoms with Crippen molar-refractivity contribution in [1.29, 1.82) is 0 Å². The minimum Gasteiger partial charge on any atom is -0.339 e. The number of rotatable bonds is 7. The lowest BCUT2D eigenvalue weighted by Gasteiger charge is -2.22. The van der Waals surface area contributed by atoms with E-state index in [0.717, 1.165) is 18.5 Å². The summed E-state index contributed by atoms with van der Waals surface area (Å²) in [6, 6.07) is 12.6. The Morgan fingerprint density at radius 2 is 1.60 bits per heavy atom. The van der Waals surface area contributed by atoms with E-state index in [0.29, 0.717) is 18.7 Å². The van der Waals surface area contributed by atoms with Gasteiger partial charge in [0.15, 0.2) is 0 Å². The topological polar surface area (TPSA) is 53.5 Å². The Morgan fingerprint density at radius 1 is 0.960 bits per heavy atom. The Bertz CT molecular complexity index is 710. The largest absolute Gasteiger partial charge is 0.339 e. The summed E-state index contributed by atoms with van der Waals surface area (Å²) in [5.74, 6) is -0.291. The van der Waals surface area contributed by atoms with E-state index in [1.807, 2.05) is 49.1 Å². The second kappa shape index (κ2) is 8.97. The molecule has 1 aromatic carbocycles. The normalized spacial score (nSPS) is 10.4. The summed E-state index contributed by atoms with van der Waals surface area (Å²) in [6.07, 6.45) is 3.33. The predicted molar refractivity (Wildman–Crippen MR) is 99.9 cm³/mol. The van der Waals surface area contributed by atoms with Crippen molar-refractivity contribution < 1.29 is 9.59 Å². The number of anilines is 1. The van der Waals surface area contributed by atoms with Gasteiger partial charge in [-0.1, -0.05) is 32.0 Å². The number of amides is 2. The molecule has 2 amide bonds. The zero-order valence-corrected chi connectivity index (χ0v) is 15.1. The third-order valence-corrected chi connectivity index (χ3v) is 3.95. The van der Waals surface area contributed by atoms with Gasteiger partial charge >= 0.3 is 0 Å². The van der Waals surface area contributed by atoms with Gasteiger partial charge in [-0.15, -0.1) is 0 Å². The van der Waals surface area contributed by atoms with Crippen molar-refractivity contribution in [2.45, 2.75) is 26.7 Å². The van der Waals surface area contributed by atoms with E-state index < -0.39 is 0 Å². The molecule has 0 unspecified atom stereocenters. The minimum absolute atomic E-state index is 0.0532. The van der Waals surface area contributed by atoms with E-state index in [9.17, 15) is 9.59 Å². The Balaban J connectivity index is 2.23. The summed E-state index contributed by atoms with van der Waals surface area (Å²) >= 11 is 0. The monoisotopic (exact) mass is 339 g/mol. The van der Waals surface area contributed by atoms with Crippen molar-refractivity contribution in [3.8, 4) is 0 Å². The molecule has 0 radical (unpaired) electrons. The molecule has 2 aromatic rings. The number of carbonyl (C=O) groups is 2. The lowest BCUT2D eigenvalue weighted by molar-refractivity contribution is 0.0755. The van der Waals surface area contributed by atoms with Gasteiger partial charge in [0.25, 0.3) is 11.8 Å². The fourth-order valence-corrected chi connectivity index (χ4v) is 2.66. The van der Waals surface area contributed by atoms with Crippen LogP contribution in [0.1, 0.15) is 47.5 Å². The van der Waals surface area contributed by atoms with Crippen molar-refractivity contribution in [2.75, 3.05) is 25.0 Å². The minimum atomic E-state index is -0.238. The first-order valence-electron chi connectivity index (χ1n) is 8.66. The third-order valence-electron chi connectivity index (χ3n) is 3.95. The van der Waals surface area contributed by atoms with Gasteiger partial charge in [-0.05, 0) is 37.1 Å². The Kier molecular flexibility index (Phi) is 6.69. The maximum absolute atomic E-state index is 12.7. The molecule has 0 N–H and O–H groups in total. The number of aromatic nitrogens is 1. The molecule has 0 aliphatic rings. The number of hydrogen-bond donors (Lipinski definition) is 0. The third kappa shape index (κ3) is 4.66. The van der Waals surface area contributed by atoms with Gasteiger partial charge in [0.1, 0.15) is 5.69 Å². The summed E-state index contributed by atoms with van der Waals surface area (Å²) in [6.45, 7) is 5.52. The van der Waals surface area contributed by atoms with Crippen LogP contribution in [0.4, 0.5) is 5.69 Å². The zero-order chi connectivity index (χ0) is 18.2. The molecule has 1 aromatic heterocycles. The van der Waals surface area contributed by atoms with Gasteiger partial charge < -0.3 is 9.80 Å². The van der Waals surface area contributed by atoms with Crippen LogP contribution in [0, 0.1) is 0 Å². The van der Waals surface area contributed by atoms with E-state index in [2.05, 4.69) is 4.98 Å². The molecule has 132 valence electrons. The van der Waals surface area contributed by atoms with Crippen molar-refractivity contribution in [3.05, 3.63) is 59.9 Å². The van der Waals surface area contributed by atoms with Crippen LogP contribution in [0.25, 0.3) is 0 Å². The van der Waals surface area contributed by atoms with E-state index in [-0.39, 0.29) is 17.5 Å². The van der Waals surface area contributed by atoms with E-state index in [4.69, 9.17) is 0 Å². The first-order valence-corrected chi connectivity index (χ1v) is 8.66. The number of nitrogens with zero attached hydrogens (tertiary/aromatic N) is 3. The summed E-state index contributed by atoms with van der Waals surface area (Å²) in [7, 11) is 1.70. The van der Waals surface area contributed by atoms with Crippen LogP contribution >= 0.6 is 0 Å². The van der Waals surface area contributed by atoms with Crippen LogP contribution in [-0.4, -0.2) is 41.8 Å². The fourth-order valence-electron chi connectivity index (χ4n) is 2.66. The molecule has 5 heteroatoms. The van der Waals surface area contributed by atoms with Crippen molar-refractivity contribution in [1.82, 2.24) is 9.88 Å². The fraction of sp³-hybridized carbons (Fsp3) is 0.350. The number of benzene rings is 1. The molecule has 0 aliphatic carbocycles. The quantitative estimate of drug-likeness (QED) is 0.774. The zero-order valence-electron chi connectivity index (χ0n) is 15.1. The van der Waals surface area contributed by atoms with Crippen molar-refractivity contribution in [2.24, 2.45) is 0 Å². The summed E-state index contributed by atoms with van der Waals surface area (Å²) in [5, 5.41) is 0. The molecular weight excluding hydrogens is 314 g/mol. The highest BCUT2D eigenvalue weighted by atomic mass is 16.2. The molecule has 0 atom stereocenters. The van der Waals surface area contributed by atoms with Gasteiger partial charge in [-0.2, -0.15) is 0 Å². The summed E-state index contributed by atoms with van der Waals surface area (Å²) < 4.78 is 0. The SMILES string of the molecule is CCCN(CCC)C(=O)c1ccnc(C(=O)N(C)c2ccccc2)c1. The average molecular weight is 339 g/mol. The van der Waals surface area contributed by atoms with Gasteiger partial charge in [0, 0.05) is 37.6 Å². The Hall–Kier alpha value is -2.69. The number of pyridine rings is 1. The van der Waals surface area contributed by atoms with E-state index >= 15 is 0 Å². The summed E-state index contributed by atoms with van der Waals surface area (Å²) in [4.78, 5) is 32.9. The molecule has 2 rings (SSSR count). The number of para-hydroxylation sites is 1. The molecule has 0 aliphatic heterocycles. The smallest absolute Gasteiger partial charge is 0.276 e. The Labute approximate surface area is 149 Å². The molecule has 1 heterocycles. The van der Waals surface area contributed by atoms with Crippen LogP contribution < -0.4 is 4.90 Å². The standard InChI is InChI=1S/C20H25N3O2/c1-4-13-23(14-5-2)19(24)16-11-12-21-18(15-16)20(25)22(3)17-9-7-6-8-10-17/h6-12,15H,4-5,13-14H2,1-3H3. The van der Waals surface area contributed by atoms with Crippen LogP contribution in [0.2, 0.25) is 0 Å². The van der Waals surface area contributed by atoms with E-state index in [1.54, 1.807) is 19.2 Å². The van der Waals surface area contributed by atoms with Gasteiger partial charge in [0.05, 0.1) is 0 Å². The Morgan fingerprint density at radius 3 is 2.20 bits per heavy atom. The van der Waals surface area contributed by atoms with Gasteiger partial charge in [0.2, 0.25) is 0 Å². The second-order valence-corrected chi connectivity index (χ2v) is 5.92. The molecular formula is C20H25N3O2. The summed E-state index contributed by atoms with van der Waals surface area (Å²) in [5.41, 5.74) is 1.55. The van der Waals surface area contributed by atoms with Crippen LogP contribution in [-0.2, 0) is 0 Å². The first-order chi connectivity index (χ1) is 12.1. The first kappa shape index (κ1) is 18.6. The molecule has 0 saturated heterocycles. The van der Waals surface area contributed by atoms with Gasteiger partial charge in [-0.3, -0.25) is 14.6 Å². The molecule has 25 heavy (non-hydrogen) atoms. The molecule has 5 nitrogen and oxygen atoms in total. The lowest BCUT2D eigenvalue weighted by Crippen LogP contribution is -2.33. The van der Waals surface area contributed by atoms with Crippen LogP contribution in [0.5, 0.6) is 0 Å². The van der Waals surface area contributed by atoms with Crippen molar-refractivity contribution >= 4 is 17.5 Å². The molecule has 0 spiro atoms. The highest BCUT2D eigenvalue weighted by molar-refractivity contribution is 6.06. The van der Waals surface area contributed by atoms with Crippen LogP contribution in [0.3, 0.4) is 0 Å². The van der Waals surface area contributed by atoms with Crippen LogP contribution in [0.15, 0.2) is 48.7 Å². The highest BCUT2D eigenvalue weighted by Crippen LogP contribution is 2.15. The van der Waals surface area contributed by atoms with Crippen molar-refractivity contribution in [3.63, 3.8) is 0 Å². The number of carbonyl (C=O) groups excluding carboxylic acids is 2. The van der Waals surface area contributed by atoms with Gasteiger partial charge in [-0.25, -0.2) is 0 Å². The number of hydrogen-bond acceptors (Lipinski definition) is 3. The molecule has 0 saturated carbocycles. The molecule has 0 fully saturated rings. The lowest BCUT2D eigenvalue weighted by atomic mass is 10.1. The maximum Gasteiger partial charge on any atom is 0.276 e. The van der Waals surface area contributed by atoms with E-state index in [1.165, 1.54) is 11.1 Å².